The molecule has 1 aromatic heterocycles. The Morgan fingerprint density at radius 1 is 0.896 bits per heavy atom. The molecule has 0 saturated carbocycles. The lowest BCUT2D eigenvalue weighted by Crippen LogP contribution is -2.52. The molecule has 1 atom stereocenters. The summed E-state index contributed by atoms with van der Waals surface area (Å²) in [5.74, 6) is -1.46. The van der Waals surface area contributed by atoms with E-state index >= 15 is 0 Å². The molecule has 13 heteroatoms. The number of likely N-dealkylation sites (tertiary alicyclic amines) is 1. The van der Waals surface area contributed by atoms with Crippen LogP contribution in [0.25, 0.3) is 10.4 Å². The topological polar surface area (TPSA) is 158 Å². The van der Waals surface area contributed by atoms with Gasteiger partial charge in [-0.2, -0.15) is 0 Å². The van der Waals surface area contributed by atoms with Crippen molar-refractivity contribution in [2.45, 2.75) is 70.4 Å². The van der Waals surface area contributed by atoms with Crippen molar-refractivity contribution in [3.63, 3.8) is 0 Å². The van der Waals surface area contributed by atoms with Crippen LogP contribution in [0, 0.1) is 5.92 Å². The van der Waals surface area contributed by atoms with Crippen LogP contribution in [0.15, 0.2) is 54.7 Å². The third kappa shape index (κ3) is 7.62. The average Bonchev–Trinajstić information content (AvgIpc) is 3.70. The Labute approximate surface area is 282 Å². The zero-order valence-electron chi connectivity index (χ0n) is 26.5. The number of imide groups is 1. The molecule has 0 bridgehead atoms. The summed E-state index contributed by atoms with van der Waals surface area (Å²) < 4.78 is 0. The second kappa shape index (κ2) is 14.9. The fourth-order valence-corrected chi connectivity index (χ4v) is 7.30. The normalized spacial score (nSPS) is 18.0. The van der Waals surface area contributed by atoms with E-state index in [-0.39, 0.29) is 61.3 Å². The van der Waals surface area contributed by atoms with Gasteiger partial charge in [-0.1, -0.05) is 54.2 Å². The highest BCUT2D eigenvalue weighted by atomic mass is 32.1. The Balaban J connectivity index is 0.881. The van der Waals surface area contributed by atoms with Gasteiger partial charge in [0.2, 0.25) is 29.5 Å². The first-order valence-corrected chi connectivity index (χ1v) is 17.2. The Morgan fingerprint density at radius 2 is 1.67 bits per heavy atom. The molecule has 2 fully saturated rings. The van der Waals surface area contributed by atoms with E-state index in [0.29, 0.717) is 73.6 Å². The lowest BCUT2D eigenvalue weighted by Gasteiger charge is -2.31. The molecule has 3 aromatic rings. The predicted octanol–water partition coefficient (Wildman–Crippen LogP) is 4.34. The van der Waals surface area contributed by atoms with Gasteiger partial charge in [-0.15, -0.1) is 0 Å². The van der Waals surface area contributed by atoms with Crippen LogP contribution in [0.2, 0.25) is 0 Å². The van der Waals surface area contributed by atoms with Crippen LogP contribution in [0.3, 0.4) is 0 Å². The maximum atomic E-state index is 13.0. The molecular formula is C35H38N6O6S. The molecule has 12 nitrogen and oxygen atoms in total. The number of hydrogen-bond acceptors (Lipinski definition) is 8. The number of benzene rings is 2. The standard InChI is InChI=1S/C35H38N6O6S/c42-29(37-26-11-7-10-24-25(26)21-41(34(24)47)27-14-15-30(43)38-33(27)46)12-5-2-6-13-31(44)40-18-16-23(17-19-40)32(45)39-35-36-20-28(48-35)22-8-3-1-4-9-22/h1,3-4,7-11,20,23,27H,2,5-6,12-19,21H2,(H,37,42)(H,36,39,45)(H,38,43,46). The maximum absolute atomic E-state index is 13.0. The van der Waals surface area contributed by atoms with Gasteiger partial charge in [-0.25, -0.2) is 4.98 Å². The van der Waals surface area contributed by atoms with Gasteiger partial charge in [0.05, 0.1) is 4.88 Å². The molecule has 1 unspecified atom stereocenters. The molecule has 48 heavy (non-hydrogen) atoms. The monoisotopic (exact) mass is 670 g/mol. The summed E-state index contributed by atoms with van der Waals surface area (Å²) in [6, 6.07) is 14.3. The number of carbonyl (C=O) groups excluding carboxylic acids is 6. The Bertz CT molecular complexity index is 1720. The summed E-state index contributed by atoms with van der Waals surface area (Å²) in [5, 5.41) is 8.72. The zero-order chi connectivity index (χ0) is 33.6. The van der Waals surface area contributed by atoms with Crippen molar-refractivity contribution >= 4 is 57.6 Å². The van der Waals surface area contributed by atoms with Crippen LogP contribution in [0.1, 0.15) is 73.7 Å². The minimum atomic E-state index is -0.720. The van der Waals surface area contributed by atoms with E-state index in [4.69, 9.17) is 0 Å². The minimum Gasteiger partial charge on any atom is -0.343 e. The van der Waals surface area contributed by atoms with Crippen LogP contribution in [-0.4, -0.2) is 69.4 Å². The first kappa shape index (κ1) is 33.0. The molecular weight excluding hydrogens is 632 g/mol. The van der Waals surface area contributed by atoms with Crippen molar-refractivity contribution in [2.75, 3.05) is 23.7 Å². The first-order valence-electron chi connectivity index (χ1n) is 16.4. The molecule has 2 saturated heterocycles. The summed E-state index contributed by atoms with van der Waals surface area (Å²) in [7, 11) is 0. The minimum absolute atomic E-state index is 0.0620. The largest absolute Gasteiger partial charge is 0.343 e. The first-order chi connectivity index (χ1) is 23.3. The van der Waals surface area contributed by atoms with Crippen molar-refractivity contribution in [1.29, 1.82) is 0 Å². The third-order valence-electron chi connectivity index (χ3n) is 9.16. The van der Waals surface area contributed by atoms with E-state index < -0.39 is 11.9 Å². The zero-order valence-corrected chi connectivity index (χ0v) is 27.4. The quantitative estimate of drug-likeness (QED) is 0.202. The van der Waals surface area contributed by atoms with E-state index in [0.717, 1.165) is 10.4 Å². The van der Waals surface area contributed by atoms with E-state index in [1.807, 2.05) is 35.2 Å². The van der Waals surface area contributed by atoms with Gasteiger partial charge in [0.1, 0.15) is 6.04 Å². The molecule has 6 amide bonds. The predicted molar refractivity (Wildman–Crippen MR) is 180 cm³/mol. The highest BCUT2D eigenvalue weighted by molar-refractivity contribution is 7.19. The molecule has 2 aromatic carbocycles. The van der Waals surface area contributed by atoms with Crippen LogP contribution in [0.5, 0.6) is 0 Å². The van der Waals surface area contributed by atoms with Gasteiger partial charge in [0.25, 0.3) is 5.91 Å². The molecule has 0 aliphatic carbocycles. The number of unbranched alkanes of at least 4 members (excludes halogenated alkanes) is 2. The van der Waals surface area contributed by atoms with Crippen LogP contribution < -0.4 is 16.0 Å². The fraction of sp³-hybridized carbons (Fsp3) is 0.400. The molecule has 250 valence electrons. The van der Waals surface area contributed by atoms with Gasteiger partial charge in [-0.3, -0.25) is 34.1 Å². The fourth-order valence-electron chi connectivity index (χ4n) is 6.48. The number of thiazole rings is 1. The number of nitrogens with zero attached hydrogens (tertiary/aromatic N) is 3. The second-order valence-corrected chi connectivity index (χ2v) is 13.4. The molecule has 3 aliphatic heterocycles. The Hall–Kier alpha value is -4.91. The Morgan fingerprint density at radius 3 is 2.44 bits per heavy atom. The van der Waals surface area contributed by atoms with Crippen molar-refractivity contribution in [3.05, 3.63) is 65.9 Å². The lowest BCUT2D eigenvalue weighted by atomic mass is 9.95. The smallest absolute Gasteiger partial charge is 0.255 e. The van der Waals surface area contributed by atoms with Crippen LogP contribution in [-0.2, 0) is 30.5 Å². The molecule has 3 aliphatic rings. The summed E-state index contributed by atoms with van der Waals surface area (Å²) >= 11 is 1.44. The van der Waals surface area contributed by atoms with Crippen molar-refractivity contribution < 1.29 is 28.8 Å². The lowest BCUT2D eigenvalue weighted by molar-refractivity contribution is -0.137. The number of fused-ring (bicyclic) bond motifs is 1. The summed E-state index contributed by atoms with van der Waals surface area (Å²) in [4.78, 5) is 84.0. The second-order valence-electron chi connectivity index (χ2n) is 12.4. The number of rotatable bonds is 11. The number of carbonyl (C=O) groups is 6. The number of hydrogen-bond donors (Lipinski definition) is 3. The number of amides is 6. The van der Waals surface area contributed by atoms with Crippen LogP contribution in [0.4, 0.5) is 10.8 Å². The molecule has 6 rings (SSSR count). The van der Waals surface area contributed by atoms with Crippen LogP contribution >= 0.6 is 11.3 Å². The molecule has 4 heterocycles. The van der Waals surface area contributed by atoms with Crippen molar-refractivity contribution in [3.8, 4) is 10.4 Å². The van der Waals surface area contributed by atoms with Gasteiger partial charge in [-0.05, 0) is 49.8 Å². The molecule has 0 spiro atoms. The number of nitrogens with one attached hydrogen (secondary N) is 3. The SMILES string of the molecule is O=C1CCC(N2Cc3c(NC(=O)CCCCCC(=O)N4CCC(C(=O)Nc5ncc(-c6ccccc6)s5)CC4)cccc3C2=O)C(=O)N1. The average molecular weight is 671 g/mol. The molecule has 0 radical (unpaired) electrons. The van der Waals surface area contributed by atoms with Gasteiger partial charge in [0.15, 0.2) is 5.13 Å². The van der Waals surface area contributed by atoms with E-state index in [1.54, 1.807) is 24.4 Å². The van der Waals surface area contributed by atoms with Crippen molar-refractivity contribution in [1.82, 2.24) is 20.1 Å². The van der Waals surface area contributed by atoms with E-state index in [9.17, 15) is 28.8 Å². The highest BCUT2D eigenvalue weighted by Gasteiger charge is 2.40. The highest BCUT2D eigenvalue weighted by Crippen LogP contribution is 2.33. The van der Waals surface area contributed by atoms with Gasteiger partial charge < -0.3 is 20.4 Å². The van der Waals surface area contributed by atoms with E-state index in [2.05, 4.69) is 20.9 Å². The maximum Gasteiger partial charge on any atom is 0.255 e. The summed E-state index contributed by atoms with van der Waals surface area (Å²) in [5.41, 5.74) is 2.70. The number of piperidine rings is 2. The van der Waals surface area contributed by atoms with Gasteiger partial charge in [0, 0.05) is 67.8 Å². The summed E-state index contributed by atoms with van der Waals surface area (Å²) in [6.07, 6.45) is 6.08. The van der Waals surface area contributed by atoms with E-state index in [1.165, 1.54) is 16.2 Å². The molecule has 3 N–H and O–H groups in total. The number of anilines is 2. The third-order valence-corrected chi connectivity index (χ3v) is 10.1. The number of aromatic nitrogens is 1. The van der Waals surface area contributed by atoms with Gasteiger partial charge >= 0.3 is 0 Å². The Kier molecular flexibility index (Phi) is 10.2. The summed E-state index contributed by atoms with van der Waals surface area (Å²) in [6.45, 7) is 1.26. The van der Waals surface area contributed by atoms with Crippen molar-refractivity contribution in [2.24, 2.45) is 5.92 Å².